The van der Waals surface area contributed by atoms with Crippen LogP contribution >= 0.6 is 22.9 Å². The van der Waals surface area contributed by atoms with Crippen LogP contribution in [0.3, 0.4) is 0 Å². The third-order valence-corrected chi connectivity index (χ3v) is 5.11. The van der Waals surface area contributed by atoms with E-state index in [0.29, 0.717) is 20.5 Å². The zero-order chi connectivity index (χ0) is 20.1. The minimum atomic E-state index is -0.269. The van der Waals surface area contributed by atoms with Gasteiger partial charge in [0.1, 0.15) is 0 Å². The van der Waals surface area contributed by atoms with Gasteiger partial charge in [-0.25, -0.2) is 0 Å². The van der Waals surface area contributed by atoms with E-state index < -0.39 is 0 Å². The van der Waals surface area contributed by atoms with Crippen molar-refractivity contribution in [2.24, 2.45) is 0 Å². The zero-order valence-corrected chi connectivity index (χ0v) is 16.5. The quantitative estimate of drug-likeness (QED) is 0.645. The first-order chi connectivity index (χ1) is 13.4. The van der Waals surface area contributed by atoms with E-state index in [1.54, 1.807) is 49.5 Å². The number of rotatable bonds is 6. The Labute approximate surface area is 170 Å². The average molecular weight is 417 g/mol. The van der Waals surface area contributed by atoms with Gasteiger partial charge in [-0.2, -0.15) is 0 Å². The third-order valence-electron chi connectivity index (χ3n) is 3.88. The first kappa shape index (κ1) is 19.8. The molecule has 2 amide bonds. The van der Waals surface area contributed by atoms with Gasteiger partial charge in [-0.05, 0) is 43.3 Å². The van der Waals surface area contributed by atoms with Crippen LogP contribution in [0, 0.1) is 0 Å². The largest absolute Gasteiger partial charge is 0.349 e. The predicted molar refractivity (Wildman–Crippen MR) is 108 cm³/mol. The molecule has 144 valence electrons. The molecular formula is C19H17ClN4O3S. The minimum Gasteiger partial charge on any atom is -0.349 e. The Kier molecular flexibility index (Phi) is 6.23. The second-order valence-electron chi connectivity index (χ2n) is 6.02. The highest BCUT2D eigenvalue weighted by atomic mass is 35.5. The predicted octanol–water partition coefficient (Wildman–Crippen LogP) is 2.50. The summed E-state index contributed by atoms with van der Waals surface area (Å²) in [6.07, 6.45) is 4.30. The van der Waals surface area contributed by atoms with Gasteiger partial charge in [0.2, 0.25) is 0 Å². The Hall–Kier alpha value is -2.97. The molecule has 1 atom stereocenters. The Balaban J connectivity index is 1.56. The van der Waals surface area contributed by atoms with Crippen LogP contribution < -0.4 is 16.2 Å². The van der Waals surface area contributed by atoms with Gasteiger partial charge in [-0.1, -0.05) is 11.6 Å². The van der Waals surface area contributed by atoms with Gasteiger partial charge in [0, 0.05) is 36.2 Å². The molecule has 0 bridgehead atoms. The molecule has 0 radical (unpaired) electrons. The van der Waals surface area contributed by atoms with Gasteiger partial charge in [-0.3, -0.25) is 23.9 Å². The van der Waals surface area contributed by atoms with Gasteiger partial charge in [0.05, 0.1) is 15.4 Å². The molecule has 28 heavy (non-hydrogen) atoms. The smallest absolute Gasteiger partial charge is 0.273 e. The normalized spacial score (nSPS) is 11.6. The van der Waals surface area contributed by atoms with Crippen LogP contribution in [0.2, 0.25) is 4.34 Å². The molecule has 9 heteroatoms. The van der Waals surface area contributed by atoms with Crippen LogP contribution in [0.5, 0.6) is 0 Å². The summed E-state index contributed by atoms with van der Waals surface area (Å²) in [5.74, 6) is -0.500. The summed E-state index contributed by atoms with van der Waals surface area (Å²) in [7, 11) is 0. The number of benzene rings is 1. The maximum Gasteiger partial charge on any atom is 0.273 e. The molecular weight excluding hydrogens is 400 g/mol. The molecule has 0 saturated carbocycles. The van der Waals surface area contributed by atoms with Crippen LogP contribution in [-0.4, -0.2) is 34.0 Å². The van der Waals surface area contributed by atoms with E-state index in [2.05, 4.69) is 15.6 Å². The molecule has 1 aromatic carbocycles. The number of hydrogen-bond acceptors (Lipinski definition) is 5. The fraction of sp³-hybridized carbons (Fsp3) is 0.158. The van der Waals surface area contributed by atoms with E-state index in [1.165, 1.54) is 28.3 Å². The monoisotopic (exact) mass is 416 g/mol. The second-order valence-corrected chi connectivity index (χ2v) is 7.73. The van der Waals surface area contributed by atoms with Crippen LogP contribution in [0.4, 0.5) is 0 Å². The molecule has 0 aliphatic heterocycles. The van der Waals surface area contributed by atoms with Crippen molar-refractivity contribution in [1.29, 1.82) is 0 Å². The highest BCUT2D eigenvalue weighted by Crippen LogP contribution is 2.21. The van der Waals surface area contributed by atoms with Crippen molar-refractivity contribution in [3.05, 3.63) is 80.1 Å². The fourth-order valence-electron chi connectivity index (χ4n) is 2.46. The summed E-state index contributed by atoms with van der Waals surface area (Å²) in [5.41, 5.74) is 0.837. The first-order valence-corrected chi connectivity index (χ1v) is 9.61. The van der Waals surface area contributed by atoms with Gasteiger partial charge in [0.15, 0.2) is 0 Å². The number of hydrogen-bond donors (Lipinski definition) is 2. The number of carbonyl (C=O) groups is 2. The molecule has 1 unspecified atom stereocenters. The molecule has 2 heterocycles. The molecule has 3 aromatic rings. The molecule has 0 saturated heterocycles. The summed E-state index contributed by atoms with van der Waals surface area (Å²) in [6.45, 7) is 2.08. The summed E-state index contributed by atoms with van der Waals surface area (Å²) >= 11 is 7.02. The molecule has 7 nitrogen and oxygen atoms in total. The van der Waals surface area contributed by atoms with Gasteiger partial charge in [-0.15, -0.1) is 11.3 Å². The van der Waals surface area contributed by atoms with Crippen LogP contribution in [0.15, 0.2) is 59.8 Å². The minimum absolute atomic E-state index is 0.231. The lowest BCUT2D eigenvalue weighted by atomic mass is 10.1. The second kappa shape index (κ2) is 8.81. The summed E-state index contributed by atoms with van der Waals surface area (Å²) in [6, 6.07) is 9.69. The number of nitrogens with one attached hydrogen (secondary N) is 2. The molecule has 3 rings (SSSR count). The maximum atomic E-state index is 12.4. The van der Waals surface area contributed by atoms with E-state index >= 15 is 0 Å². The van der Waals surface area contributed by atoms with Crippen molar-refractivity contribution < 1.29 is 9.59 Å². The summed E-state index contributed by atoms with van der Waals surface area (Å²) < 4.78 is 1.98. The highest BCUT2D eigenvalue weighted by Gasteiger charge is 2.13. The van der Waals surface area contributed by atoms with E-state index in [4.69, 9.17) is 11.6 Å². The van der Waals surface area contributed by atoms with E-state index in [9.17, 15) is 14.4 Å². The van der Waals surface area contributed by atoms with Crippen molar-refractivity contribution in [1.82, 2.24) is 20.2 Å². The SMILES string of the molecule is CC(CNC(=O)c1ccc(Cl)s1)NC(=O)c1ccc(-n2ccncc2=O)cc1. The van der Waals surface area contributed by atoms with Gasteiger partial charge in [0.25, 0.3) is 17.4 Å². The average Bonchev–Trinajstić information content (AvgIpc) is 3.13. The number of carbonyl (C=O) groups excluding carboxylic acids is 2. The lowest BCUT2D eigenvalue weighted by Crippen LogP contribution is -2.41. The molecule has 0 aliphatic rings. The number of aromatic nitrogens is 2. The lowest BCUT2D eigenvalue weighted by Gasteiger charge is -2.15. The first-order valence-electron chi connectivity index (χ1n) is 8.41. The Morgan fingerprint density at radius 3 is 2.57 bits per heavy atom. The van der Waals surface area contributed by atoms with Crippen molar-refractivity contribution in [2.45, 2.75) is 13.0 Å². The topological polar surface area (TPSA) is 93.1 Å². The van der Waals surface area contributed by atoms with Crippen molar-refractivity contribution in [3.8, 4) is 5.69 Å². The lowest BCUT2D eigenvalue weighted by molar-refractivity contribution is 0.0914. The molecule has 2 N–H and O–H groups in total. The van der Waals surface area contributed by atoms with Crippen molar-refractivity contribution >= 4 is 34.8 Å². The van der Waals surface area contributed by atoms with Crippen molar-refractivity contribution in [2.75, 3.05) is 6.54 Å². The van der Waals surface area contributed by atoms with Gasteiger partial charge >= 0.3 is 0 Å². The highest BCUT2D eigenvalue weighted by molar-refractivity contribution is 7.17. The standard InChI is InChI=1S/C19H17ClN4O3S/c1-12(10-22-19(27)15-6-7-16(20)28-15)23-18(26)13-2-4-14(5-3-13)24-9-8-21-11-17(24)25/h2-9,11-12H,10H2,1H3,(H,22,27)(H,23,26). The Bertz CT molecular complexity index is 1050. The Morgan fingerprint density at radius 2 is 1.93 bits per heavy atom. The third kappa shape index (κ3) is 4.85. The number of nitrogens with zero attached hydrogens (tertiary/aromatic N) is 2. The summed E-state index contributed by atoms with van der Waals surface area (Å²) in [5, 5.41) is 5.58. The molecule has 0 fully saturated rings. The van der Waals surface area contributed by atoms with Crippen LogP contribution in [0.1, 0.15) is 27.0 Å². The number of halogens is 1. The van der Waals surface area contributed by atoms with E-state index in [0.717, 1.165) is 0 Å². The van der Waals surface area contributed by atoms with Crippen LogP contribution in [0.25, 0.3) is 5.69 Å². The van der Waals surface area contributed by atoms with E-state index in [-0.39, 0.29) is 30.0 Å². The zero-order valence-electron chi connectivity index (χ0n) is 14.9. The fourth-order valence-corrected chi connectivity index (χ4v) is 3.42. The number of amides is 2. The van der Waals surface area contributed by atoms with Crippen molar-refractivity contribution in [3.63, 3.8) is 0 Å². The van der Waals surface area contributed by atoms with E-state index in [1.807, 2.05) is 0 Å². The summed E-state index contributed by atoms with van der Waals surface area (Å²) in [4.78, 5) is 40.5. The van der Waals surface area contributed by atoms with Crippen LogP contribution in [-0.2, 0) is 0 Å². The maximum absolute atomic E-state index is 12.4. The van der Waals surface area contributed by atoms with Gasteiger partial charge < -0.3 is 10.6 Å². The molecule has 2 aromatic heterocycles. The molecule has 0 aliphatic carbocycles. The number of thiophene rings is 1. The Morgan fingerprint density at radius 1 is 1.18 bits per heavy atom. The molecule has 0 spiro atoms.